The Kier molecular flexibility index (Phi) is 8.08. The normalized spacial score (nSPS) is 28.3. The van der Waals surface area contributed by atoms with Crippen molar-refractivity contribution in [1.29, 1.82) is 0 Å². The van der Waals surface area contributed by atoms with Crippen LogP contribution in [0.25, 0.3) is 11.1 Å². The standard InChI is InChI=1S/C35H44F2N8O2/c1-21(2)32(23-11-25(12-23)43-9-7-29(46)28(37)15-43)45-17-35(18-45)8-10-44(16-35)33-34(42-41-20-40-33)47-30-6-5-24(36)13-26(30)27-14-38-19-39-31(27)22-3-4-22/h5-6,13-14,19-23,25,28-29,32,46H,3-4,7-12,15-18H2,1-2H3/t23?,25?,28?,29?,32-/m1/s1. The molecule has 10 nitrogen and oxygen atoms in total. The van der Waals surface area contributed by atoms with Crippen LogP contribution < -0.4 is 9.64 Å². The zero-order valence-electron chi connectivity index (χ0n) is 27.2. The summed E-state index contributed by atoms with van der Waals surface area (Å²) in [6, 6.07) is 5.44. The number of hydrogen-bond donors (Lipinski definition) is 1. The number of benzene rings is 1. The van der Waals surface area contributed by atoms with Gasteiger partial charge in [0.25, 0.3) is 5.88 Å². The van der Waals surface area contributed by atoms with Gasteiger partial charge in [0, 0.05) is 80.0 Å². The molecule has 0 radical (unpaired) electrons. The molecule has 12 heteroatoms. The molecule has 5 fully saturated rings. The summed E-state index contributed by atoms with van der Waals surface area (Å²) in [7, 11) is 0. The molecule has 250 valence electrons. The number of aromatic nitrogens is 5. The number of aliphatic hydroxyl groups is 1. The van der Waals surface area contributed by atoms with Crippen molar-refractivity contribution in [3.63, 3.8) is 0 Å². The fourth-order valence-electron chi connectivity index (χ4n) is 8.79. The molecule has 2 unspecified atom stereocenters. The highest BCUT2D eigenvalue weighted by Gasteiger charge is 2.53. The van der Waals surface area contributed by atoms with Crippen LogP contribution in [0.1, 0.15) is 64.0 Å². The molecule has 2 aromatic heterocycles. The Bertz CT molecular complexity index is 1600. The minimum Gasteiger partial charge on any atom is -0.434 e. The van der Waals surface area contributed by atoms with Gasteiger partial charge in [0.2, 0.25) is 0 Å². The van der Waals surface area contributed by atoms with E-state index < -0.39 is 12.3 Å². The molecule has 2 aliphatic carbocycles. The fraction of sp³-hybridized carbons (Fsp3) is 0.629. The largest absolute Gasteiger partial charge is 0.434 e. The Morgan fingerprint density at radius 1 is 1.02 bits per heavy atom. The second-order valence-corrected chi connectivity index (χ2v) is 15.0. The van der Waals surface area contributed by atoms with Crippen LogP contribution in [0.2, 0.25) is 0 Å². The van der Waals surface area contributed by atoms with E-state index in [0.29, 0.717) is 65.8 Å². The zero-order chi connectivity index (χ0) is 32.3. The number of hydrogen-bond acceptors (Lipinski definition) is 10. The molecular formula is C35H44F2N8O2. The number of anilines is 1. The second kappa shape index (κ2) is 12.3. The van der Waals surface area contributed by atoms with Crippen LogP contribution in [-0.2, 0) is 0 Å². The summed E-state index contributed by atoms with van der Waals surface area (Å²) >= 11 is 0. The minimum absolute atomic E-state index is 0.185. The summed E-state index contributed by atoms with van der Waals surface area (Å²) < 4.78 is 35.1. The van der Waals surface area contributed by atoms with Gasteiger partial charge in [-0.1, -0.05) is 13.8 Å². The number of alkyl halides is 1. The van der Waals surface area contributed by atoms with E-state index in [4.69, 9.17) is 4.74 Å². The van der Waals surface area contributed by atoms with Crippen LogP contribution in [-0.4, -0.2) is 104 Å². The number of aliphatic hydroxyl groups excluding tert-OH is 1. The number of ether oxygens (including phenoxy) is 1. The third-order valence-electron chi connectivity index (χ3n) is 11.3. The molecule has 1 N–H and O–H groups in total. The molecule has 1 spiro atoms. The smallest absolute Gasteiger partial charge is 0.282 e. The fourth-order valence-corrected chi connectivity index (χ4v) is 8.79. The first-order chi connectivity index (χ1) is 22.8. The van der Waals surface area contributed by atoms with E-state index in [2.05, 4.69) is 53.7 Å². The lowest BCUT2D eigenvalue weighted by Crippen LogP contribution is -2.65. The summed E-state index contributed by atoms with van der Waals surface area (Å²) in [5, 5.41) is 18.2. The van der Waals surface area contributed by atoms with Gasteiger partial charge < -0.3 is 14.7 Å². The average molecular weight is 647 g/mol. The number of halogens is 2. The van der Waals surface area contributed by atoms with Crippen molar-refractivity contribution in [2.75, 3.05) is 44.2 Å². The molecule has 0 amide bonds. The maximum atomic E-state index is 14.5. The molecular weight excluding hydrogens is 602 g/mol. The summed E-state index contributed by atoms with van der Waals surface area (Å²) in [5.74, 6) is 2.58. The van der Waals surface area contributed by atoms with E-state index in [1.54, 1.807) is 18.6 Å². The Hall–Kier alpha value is -3.35. The summed E-state index contributed by atoms with van der Waals surface area (Å²) in [5.41, 5.74) is 2.47. The SMILES string of the molecule is CC(C)[C@H](C1CC(N2CCC(O)C(F)C2)C1)N1CC2(CCN(c3ncnnc3Oc3ccc(F)cc3-c3cncnc3C3CC3)C2)C1. The van der Waals surface area contributed by atoms with Gasteiger partial charge in [0.15, 0.2) is 5.82 Å². The molecule has 47 heavy (non-hydrogen) atoms. The highest BCUT2D eigenvalue weighted by Crippen LogP contribution is 2.49. The van der Waals surface area contributed by atoms with Crippen molar-refractivity contribution in [2.24, 2.45) is 17.3 Å². The van der Waals surface area contributed by atoms with Crippen LogP contribution in [0.15, 0.2) is 37.1 Å². The van der Waals surface area contributed by atoms with E-state index in [9.17, 15) is 13.9 Å². The predicted octanol–water partition coefficient (Wildman–Crippen LogP) is 4.86. The molecule has 3 aromatic rings. The second-order valence-electron chi connectivity index (χ2n) is 15.0. The quantitative estimate of drug-likeness (QED) is 0.347. The molecule has 5 heterocycles. The summed E-state index contributed by atoms with van der Waals surface area (Å²) in [6.45, 7) is 9.61. The van der Waals surface area contributed by atoms with Gasteiger partial charge in [0.1, 0.15) is 30.4 Å². The van der Waals surface area contributed by atoms with E-state index in [1.165, 1.54) is 18.5 Å². The van der Waals surface area contributed by atoms with Gasteiger partial charge in [-0.2, -0.15) is 0 Å². The molecule has 5 aliphatic rings. The minimum atomic E-state index is -1.13. The van der Waals surface area contributed by atoms with Gasteiger partial charge in [-0.25, -0.2) is 23.7 Å². The number of likely N-dealkylation sites (tertiary alicyclic amines) is 2. The lowest BCUT2D eigenvalue weighted by atomic mass is 9.68. The Morgan fingerprint density at radius 3 is 2.62 bits per heavy atom. The topological polar surface area (TPSA) is 104 Å². The summed E-state index contributed by atoms with van der Waals surface area (Å²) in [4.78, 5) is 20.6. The number of rotatable bonds is 9. The van der Waals surface area contributed by atoms with Crippen LogP contribution in [0.4, 0.5) is 14.6 Å². The highest BCUT2D eigenvalue weighted by atomic mass is 19.1. The monoisotopic (exact) mass is 646 g/mol. The predicted molar refractivity (Wildman–Crippen MR) is 172 cm³/mol. The molecule has 1 aromatic carbocycles. The Balaban J connectivity index is 0.938. The maximum absolute atomic E-state index is 14.5. The molecule has 3 saturated heterocycles. The molecule has 8 rings (SSSR count). The number of nitrogens with zero attached hydrogens (tertiary/aromatic N) is 8. The number of piperidine rings is 1. The first-order valence-corrected chi connectivity index (χ1v) is 17.3. The van der Waals surface area contributed by atoms with Crippen molar-refractivity contribution < 1.29 is 18.6 Å². The van der Waals surface area contributed by atoms with Crippen molar-refractivity contribution >= 4 is 5.82 Å². The van der Waals surface area contributed by atoms with Crippen molar-refractivity contribution in [3.05, 3.63) is 48.6 Å². The first kappa shape index (κ1) is 31.0. The Morgan fingerprint density at radius 2 is 1.85 bits per heavy atom. The van der Waals surface area contributed by atoms with Crippen molar-refractivity contribution in [3.8, 4) is 22.8 Å². The van der Waals surface area contributed by atoms with Crippen LogP contribution in [0.3, 0.4) is 0 Å². The van der Waals surface area contributed by atoms with Gasteiger partial charge in [0.05, 0.1) is 11.8 Å². The molecule has 3 aliphatic heterocycles. The Labute approximate surface area is 274 Å². The lowest BCUT2D eigenvalue weighted by Gasteiger charge is -2.58. The van der Waals surface area contributed by atoms with Crippen LogP contribution in [0.5, 0.6) is 11.6 Å². The molecule has 2 saturated carbocycles. The van der Waals surface area contributed by atoms with E-state index in [0.717, 1.165) is 76.1 Å². The van der Waals surface area contributed by atoms with Gasteiger partial charge in [-0.3, -0.25) is 9.80 Å². The first-order valence-electron chi connectivity index (χ1n) is 17.3. The van der Waals surface area contributed by atoms with Crippen LogP contribution >= 0.6 is 0 Å². The van der Waals surface area contributed by atoms with Gasteiger partial charge in [-0.15, -0.1) is 10.2 Å². The lowest BCUT2D eigenvalue weighted by molar-refractivity contribution is -0.0905. The summed E-state index contributed by atoms with van der Waals surface area (Å²) in [6.07, 6.45) is 8.73. The third kappa shape index (κ3) is 5.97. The molecule has 3 atom stereocenters. The maximum Gasteiger partial charge on any atom is 0.282 e. The van der Waals surface area contributed by atoms with Gasteiger partial charge in [-0.05, 0) is 68.6 Å². The van der Waals surface area contributed by atoms with E-state index in [-0.39, 0.29) is 11.2 Å². The molecule has 0 bridgehead atoms. The van der Waals surface area contributed by atoms with E-state index >= 15 is 0 Å². The van der Waals surface area contributed by atoms with E-state index in [1.807, 2.05) is 0 Å². The average Bonchev–Trinajstić information content (AvgIpc) is 3.78. The zero-order valence-corrected chi connectivity index (χ0v) is 27.2. The van der Waals surface area contributed by atoms with Crippen molar-refractivity contribution in [2.45, 2.75) is 82.6 Å². The third-order valence-corrected chi connectivity index (χ3v) is 11.3. The van der Waals surface area contributed by atoms with Gasteiger partial charge >= 0.3 is 0 Å². The highest BCUT2D eigenvalue weighted by molar-refractivity contribution is 5.73. The van der Waals surface area contributed by atoms with Crippen LogP contribution in [0, 0.1) is 23.1 Å². The van der Waals surface area contributed by atoms with Crippen molar-refractivity contribution in [1.82, 2.24) is 34.9 Å².